The van der Waals surface area contributed by atoms with Crippen molar-refractivity contribution in [3.8, 4) is 23.6 Å². The van der Waals surface area contributed by atoms with Crippen molar-refractivity contribution >= 4 is 0 Å². The van der Waals surface area contributed by atoms with E-state index >= 15 is 0 Å². The molecule has 10 heteroatoms. The summed E-state index contributed by atoms with van der Waals surface area (Å²) in [5.74, 6) is -1.02. The summed E-state index contributed by atoms with van der Waals surface area (Å²) in [7, 11) is 0. The lowest BCUT2D eigenvalue weighted by atomic mass is 10.1. The van der Waals surface area contributed by atoms with E-state index in [-0.39, 0.29) is 0 Å². The zero-order chi connectivity index (χ0) is 24.9. The van der Waals surface area contributed by atoms with Gasteiger partial charge in [-0.1, -0.05) is 39.5 Å². The van der Waals surface area contributed by atoms with Crippen molar-refractivity contribution in [2.45, 2.75) is 51.9 Å². The minimum Gasteiger partial charge on any atom is -0.508 e. The zero-order valence-electron chi connectivity index (χ0n) is 17.3. The molecule has 174 valence electrons. The number of hydrogen-bond donors (Lipinski definition) is 2. The summed E-state index contributed by atoms with van der Waals surface area (Å²) in [6.45, 7) is 4.46. The number of phenolic OH excluding ortho intramolecular Hbond substituents is 2. The minimum absolute atomic E-state index is 0.495. The fourth-order valence-electron chi connectivity index (χ4n) is 2.23. The van der Waals surface area contributed by atoms with Crippen LogP contribution in [0.25, 0.3) is 0 Å². The van der Waals surface area contributed by atoms with Crippen molar-refractivity contribution in [3.05, 3.63) is 58.7 Å². The number of phenols is 2. The lowest BCUT2D eigenvalue weighted by Crippen LogP contribution is -2.07. The summed E-state index contributed by atoms with van der Waals surface area (Å²) < 4.78 is 72.9. The molecule has 0 aromatic heterocycles. The van der Waals surface area contributed by atoms with Gasteiger partial charge < -0.3 is 10.2 Å². The lowest BCUT2D eigenvalue weighted by Gasteiger charge is -2.08. The van der Waals surface area contributed by atoms with Crippen molar-refractivity contribution < 1.29 is 36.6 Å². The third-order valence-electron chi connectivity index (χ3n) is 3.82. The van der Waals surface area contributed by atoms with Crippen LogP contribution in [-0.4, -0.2) is 10.2 Å². The quantitative estimate of drug-likeness (QED) is 0.376. The Morgan fingerprint density at radius 3 is 1.22 bits per heavy atom. The number of hydrogen-bond acceptors (Lipinski definition) is 4. The van der Waals surface area contributed by atoms with Gasteiger partial charge in [-0.15, -0.1) is 0 Å². The highest BCUT2D eigenvalue weighted by molar-refractivity contribution is 5.44. The Bertz CT molecular complexity index is 864. The van der Waals surface area contributed by atoms with Gasteiger partial charge in [0.2, 0.25) is 0 Å². The van der Waals surface area contributed by atoms with Crippen LogP contribution in [0, 0.1) is 22.7 Å². The van der Waals surface area contributed by atoms with Gasteiger partial charge in [0.1, 0.15) is 11.5 Å². The van der Waals surface area contributed by atoms with E-state index in [0.29, 0.717) is 12.1 Å². The van der Waals surface area contributed by atoms with Crippen molar-refractivity contribution in [1.29, 1.82) is 10.5 Å². The van der Waals surface area contributed by atoms with E-state index in [0.717, 1.165) is 24.3 Å². The van der Waals surface area contributed by atoms with Crippen LogP contribution in [0.4, 0.5) is 26.3 Å². The van der Waals surface area contributed by atoms with Crippen LogP contribution in [0.15, 0.2) is 36.4 Å². The molecule has 4 nitrogen and oxygen atoms in total. The smallest absolute Gasteiger partial charge is 0.417 e. The molecule has 0 heterocycles. The van der Waals surface area contributed by atoms with Gasteiger partial charge in [0.25, 0.3) is 0 Å². The van der Waals surface area contributed by atoms with Gasteiger partial charge in [-0.05, 0) is 36.4 Å². The van der Waals surface area contributed by atoms with E-state index in [1.807, 2.05) is 0 Å². The number of nitriles is 2. The van der Waals surface area contributed by atoms with Gasteiger partial charge in [0.05, 0.1) is 34.4 Å². The number of nitrogens with zero attached hydrogens (tertiary/aromatic N) is 2. The summed E-state index contributed by atoms with van der Waals surface area (Å²) in [5.41, 5.74) is -3.22. The normalized spacial score (nSPS) is 10.6. The average molecular weight is 460 g/mol. The summed E-state index contributed by atoms with van der Waals surface area (Å²) in [5, 5.41) is 34.3. The van der Waals surface area contributed by atoms with Crippen molar-refractivity contribution in [2.24, 2.45) is 0 Å². The molecule has 0 aliphatic rings. The maximum atomic E-state index is 12.2. The molecule has 0 saturated heterocycles. The maximum Gasteiger partial charge on any atom is 0.417 e. The highest BCUT2D eigenvalue weighted by Gasteiger charge is 2.34. The molecule has 0 aliphatic heterocycles. The third-order valence-corrected chi connectivity index (χ3v) is 3.82. The SMILES string of the molecule is CCCCCC.N#Cc1ccc(O)cc1C(F)(F)F.N#Cc1ccc(O)cc1C(F)(F)F. The fraction of sp³-hybridized carbons (Fsp3) is 0.364. The molecular weight excluding hydrogens is 438 g/mol. The first-order chi connectivity index (χ1) is 14.8. The van der Waals surface area contributed by atoms with Crippen molar-refractivity contribution in [2.75, 3.05) is 0 Å². The van der Waals surface area contributed by atoms with E-state index in [1.54, 1.807) is 0 Å². The van der Waals surface area contributed by atoms with E-state index in [1.165, 1.54) is 37.8 Å². The molecule has 0 atom stereocenters. The number of alkyl halides is 6. The molecule has 2 N–H and O–H groups in total. The average Bonchev–Trinajstić information content (AvgIpc) is 2.72. The highest BCUT2D eigenvalue weighted by Crippen LogP contribution is 2.34. The van der Waals surface area contributed by atoms with Crippen LogP contribution < -0.4 is 0 Å². The Morgan fingerprint density at radius 1 is 0.688 bits per heavy atom. The second-order valence-electron chi connectivity index (χ2n) is 6.39. The fourth-order valence-corrected chi connectivity index (χ4v) is 2.23. The summed E-state index contributed by atoms with van der Waals surface area (Å²) in [6, 6.07) is 7.78. The van der Waals surface area contributed by atoms with Gasteiger partial charge >= 0.3 is 12.4 Å². The number of benzene rings is 2. The van der Waals surface area contributed by atoms with Crippen LogP contribution in [0.3, 0.4) is 0 Å². The minimum atomic E-state index is -4.61. The highest BCUT2D eigenvalue weighted by atomic mass is 19.4. The molecule has 32 heavy (non-hydrogen) atoms. The zero-order valence-corrected chi connectivity index (χ0v) is 17.3. The number of unbranched alkanes of at least 4 members (excludes halogenated alkanes) is 3. The summed E-state index contributed by atoms with van der Waals surface area (Å²) in [4.78, 5) is 0. The second-order valence-corrected chi connectivity index (χ2v) is 6.39. The Morgan fingerprint density at radius 2 is 1.00 bits per heavy atom. The van der Waals surface area contributed by atoms with Gasteiger partial charge in [-0.25, -0.2) is 0 Å². The molecule has 0 unspecified atom stereocenters. The van der Waals surface area contributed by atoms with Crippen LogP contribution in [0.1, 0.15) is 61.8 Å². The molecule has 2 aromatic rings. The van der Waals surface area contributed by atoms with Gasteiger partial charge in [0.15, 0.2) is 0 Å². The first kappa shape index (κ1) is 28.6. The predicted molar refractivity (Wildman–Crippen MR) is 105 cm³/mol. The Balaban J connectivity index is 0.000000484. The first-order valence-electron chi connectivity index (χ1n) is 9.42. The monoisotopic (exact) mass is 460 g/mol. The topological polar surface area (TPSA) is 88.0 Å². The largest absolute Gasteiger partial charge is 0.508 e. The van der Waals surface area contributed by atoms with E-state index in [4.69, 9.17) is 20.7 Å². The van der Waals surface area contributed by atoms with Crippen LogP contribution in [-0.2, 0) is 12.4 Å². The first-order valence-corrected chi connectivity index (χ1v) is 9.42. The van der Waals surface area contributed by atoms with Crippen LogP contribution >= 0.6 is 0 Å². The molecule has 0 fully saturated rings. The van der Waals surface area contributed by atoms with Gasteiger partial charge in [0, 0.05) is 0 Å². The van der Waals surface area contributed by atoms with Crippen molar-refractivity contribution in [3.63, 3.8) is 0 Å². The molecule has 0 bridgehead atoms. The van der Waals surface area contributed by atoms with Crippen LogP contribution in [0.5, 0.6) is 11.5 Å². The molecule has 0 radical (unpaired) electrons. The predicted octanol–water partition coefficient (Wildman–Crippen LogP) is 7.15. The molecular formula is C22H22F6N2O2. The Labute approximate surface area is 182 Å². The van der Waals surface area contributed by atoms with Crippen LogP contribution in [0.2, 0.25) is 0 Å². The summed E-state index contributed by atoms with van der Waals surface area (Å²) >= 11 is 0. The molecule has 0 saturated carbocycles. The van der Waals surface area contributed by atoms with E-state index < -0.39 is 46.1 Å². The van der Waals surface area contributed by atoms with E-state index in [2.05, 4.69) is 13.8 Å². The maximum absolute atomic E-state index is 12.2. The summed E-state index contributed by atoms with van der Waals surface area (Å²) in [6.07, 6.45) is -3.68. The van der Waals surface area contributed by atoms with Crippen molar-refractivity contribution in [1.82, 2.24) is 0 Å². The lowest BCUT2D eigenvalue weighted by molar-refractivity contribution is -0.138. The van der Waals surface area contributed by atoms with E-state index in [9.17, 15) is 26.3 Å². The molecule has 0 amide bonds. The standard InChI is InChI=1S/2C8H4F3NO.C6H14/c2*9-8(10,11)7-3-6(13)2-1-5(7)4-12;1-3-5-6-4-2/h2*1-3,13H;3-6H2,1-2H3. The second kappa shape index (κ2) is 13.1. The third kappa shape index (κ3) is 10.1. The molecule has 0 spiro atoms. The number of aromatic hydroxyl groups is 2. The Kier molecular flexibility index (Phi) is 11.7. The van der Waals surface area contributed by atoms with Gasteiger partial charge in [-0.3, -0.25) is 0 Å². The number of rotatable bonds is 3. The van der Waals surface area contributed by atoms with Gasteiger partial charge in [-0.2, -0.15) is 36.9 Å². The molecule has 2 aromatic carbocycles. The molecule has 2 rings (SSSR count). The molecule has 0 aliphatic carbocycles. The number of halogens is 6. The Hall–Kier alpha value is -3.40.